The molecule has 0 aliphatic carbocycles. The molecular weight excluding hydrogens is 248 g/mol. The summed E-state index contributed by atoms with van der Waals surface area (Å²) < 4.78 is 0. The number of rotatable bonds is 6. The summed E-state index contributed by atoms with van der Waals surface area (Å²) in [6.07, 6.45) is 5.81. The lowest BCUT2D eigenvalue weighted by atomic mass is 9.88. The summed E-state index contributed by atoms with van der Waals surface area (Å²) in [6.45, 7) is 5.95. The highest BCUT2D eigenvalue weighted by Crippen LogP contribution is 2.26. The predicted octanol–water partition coefficient (Wildman–Crippen LogP) is 3.36. The Morgan fingerprint density at radius 3 is 2.65 bits per heavy atom. The second-order valence-electron chi connectivity index (χ2n) is 6.10. The highest BCUT2D eigenvalue weighted by atomic mass is 16.2. The number of amides is 1. The molecule has 1 aliphatic rings. The molecule has 0 saturated carbocycles. The van der Waals surface area contributed by atoms with Crippen LogP contribution >= 0.6 is 0 Å². The van der Waals surface area contributed by atoms with Gasteiger partial charge in [0.05, 0.1) is 5.41 Å². The van der Waals surface area contributed by atoms with E-state index in [9.17, 15) is 4.79 Å². The maximum Gasteiger partial charge on any atom is 0.231 e. The average molecular weight is 274 g/mol. The Labute approximate surface area is 122 Å². The molecule has 20 heavy (non-hydrogen) atoms. The molecular formula is C17H26N2O. The maximum atomic E-state index is 12.3. The first-order valence-corrected chi connectivity index (χ1v) is 7.75. The van der Waals surface area contributed by atoms with E-state index in [1.807, 2.05) is 19.1 Å². The number of hydrogen-bond acceptors (Lipinski definition) is 2. The van der Waals surface area contributed by atoms with Crippen molar-refractivity contribution in [1.29, 1.82) is 0 Å². The van der Waals surface area contributed by atoms with Gasteiger partial charge in [-0.3, -0.25) is 4.79 Å². The smallest absolute Gasteiger partial charge is 0.231 e. The first-order valence-electron chi connectivity index (χ1n) is 7.75. The largest absolute Gasteiger partial charge is 0.326 e. The molecule has 1 saturated heterocycles. The van der Waals surface area contributed by atoms with E-state index >= 15 is 0 Å². The Morgan fingerprint density at radius 2 is 2.05 bits per heavy atom. The van der Waals surface area contributed by atoms with Gasteiger partial charge in [0.15, 0.2) is 0 Å². The lowest BCUT2D eigenvalue weighted by Crippen LogP contribution is -2.35. The molecule has 1 aromatic rings. The number of anilines is 1. The van der Waals surface area contributed by atoms with Crippen LogP contribution in [0.3, 0.4) is 0 Å². The molecule has 2 N–H and O–H groups in total. The molecule has 1 aliphatic heterocycles. The molecule has 1 atom stereocenters. The van der Waals surface area contributed by atoms with Crippen molar-refractivity contribution in [1.82, 2.24) is 5.32 Å². The van der Waals surface area contributed by atoms with E-state index in [1.165, 1.54) is 24.8 Å². The SMILES string of the molecule is CCCCCc1ccc(NC(=O)C2(C)CCNC2)cc1. The number of hydrogen-bond donors (Lipinski definition) is 2. The molecule has 2 rings (SSSR count). The molecule has 3 nitrogen and oxygen atoms in total. The normalized spacial score (nSPS) is 21.9. The zero-order valence-electron chi connectivity index (χ0n) is 12.7. The molecule has 1 fully saturated rings. The minimum atomic E-state index is -0.264. The lowest BCUT2D eigenvalue weighted by molar-refractivity contribution is -0.123. The van der Waals surface area contributed by atoms with Crippen LogP contribution in [0.4, 0.5) is 5.69 Å². The third-order valence-electron chi connectivity index (χ3n) is 4.20. The molecule has 1 amide bonds. The highest BCUT2D eigenvalue weighted by Gasteiger charge is 2.36. The van der Waals surface area contributed by atoms with Gasteiger partial charge in [0.2, 0.25) is 5.91 Å². The monoisotopic (exact) mass is 274 g/mol. The van der Waals surface area contributed by atoms with E-state index in [0.29, 0.717) is 0 Å². The third kappa shape index (κ3) is 3.83. The standard InChI is InChI=1S/C17H26N2O/c1-3-4-5-6-14-7-9-15(10-8-14)19-16(20)17(2)11-12-18-13-17/h7-10,18H,3-6,11-13H2,1-2H3,(H,19,20). The van der Waals surface area contributed by atoms with Crippen LogP contribution in [0.2, 0.25) is 0 Å². The van der Waals surface area contributed by atoms with Crippen LogP contribution in [0.15, 0.2) is 24.3 Å². The maximum absolute atomic E-state index is 12.3. The minimum Gasteiger partial charge on any atom is -0.326 e. The average Bonchev–Trinajstić information content (AvgIpc) is 2.89. The Balaban J connectivity index is 1.88. The third-order valence-corrected chi connectivity index (χ3v) is 4.20. The number of benzene rings is 1. The number of carbonyl (C=O) groups excluding carboxylic acids is 1. The van der Waals surface area contributed by atoms with Crippen LogP contribution in [0, 0.1) is 5.41 Å². The second kappa shape index (κ2) is 6.89. The molecule has 110 valence electrons. The molecule has 0 spiro atoms. The van der Waals surface area contributed by atoms with Crippen molar-refractivity contribution < 1.29 is 4.79 Å². The Kier molecular flexibility index (Phi) is 5.18. The highest BCUT2D eigenvalue weighted by molar-refractivity contribution is 5.95. The van der Waals surface area contributed by atoms with Gasteiger partial charge >= 0.3 is 0 Å². The van der Waals surface area contributed by atoms with Crippen LogP contribution in [0.1, 0.15) is 45.1 Å². The van der Waals surface area contributed by atoms with Crippen molar-refractivity contribution in [3.63, 3.8) is 0 Å². The zero-order chi connectivity index (χ0) is 14.4. The van der Waals surface area contributed by atoms with Crippen LogP contribution in [-0.2, 0) is 11.2 Å². The number of aryl methyl sites for hydroxylation is 1. The van der Waals surface area contributed by atoms with Gasteiger partial charge in [-0.15, -0.1) is 0 Å². The fraction of sp³-hybridized carbons (Fsp3) is 0.588. The van der Waals surface area contributed by atoms with Crippen LogP contribution in [-0.4, -0.2) is 19.0 Å². The zero-order valence-corrected chi connectivity index (χ0v) is 12.7. The second-order valence-corrected chi connectivity index (χ2v) is 6.10. The van der Waals surface area contributed by atoms with Crippen molar-refractivity contribution in [3.8, 4) is 0 Å². The first-order chi connectivity index (χ1) is 9.64. The van der Waals surface area contributed by atoms with E-state index in [-0.39, 0.29) is 11.3 Å². The minimum absolute atomic E-state index is 0.126. The van der Waals surface area contributed by atoms with Gasteiger partial charge in [-0.1, -0.05) is 31.9 Å². The van der Waals surface area contributed by atoms with Gasteiger partial charge in [0, 0.05) is 12.2 Å². The number of carbonyl (C=O) groups is 1. The summed E-state index contributed by atoms with van der Waals surface area (Å²) in [5.41, 5.74) is 1.99. The summed E-state index contributed by atoms with van der Waals surface area (Å²) in [7, 11) is 0. The van der Waals surface area contributed by atoms with E-state index in [0.717, 1.165) is 31.6 Å². The predicted molar refractivity (Wildman–Crippen MR) is 83.9 cm³/mol. The number of unbranched alkanes of at least 4 members (excludes halogenated alkanes) is 2. The topological polar surface area (TPSA) is 41.1 Å². The summed E-state index contributed by atoms with van der Waals surface area (Å²) in [5, 5.41) is 6.30. The summed E-state index contributed by atoms with van der Waals surface area (Å²) >= 11 is 0. The van der Waals surface area contributed by atoms with Crippen molar-refractivity contribution >= 4 is 11.6 Å². The van der Waals surface area contributed by atoms with Gasteiger partial charge in [-0.05, 0) is 50.4 Å². The summed E-state index contributed by atoms with van der Waals surface area (Å²) in [4.78, 5) is 12.3. The van der Waals surface area contributed by atoms with E-state index in [1.54, 1.807) is 0 Å². The molecule has 0 radical (unpaired) electrons. The molecule has 1 aromatic carbocycles. The van der Waals surface area contributed by atoms with Crippen molar-refractivity contribution in [3.05, 3.63) is 29.8 Å². The molecule has 3 heteroatoms. The number of nitrogens with one attached hydrogen (secondary N) is 2. The summed E-state index contributed by atoms with van der Waals surface area (Å²) in [6, 6.07) is 8.29. The first kappa shape index (κ1) is 15.0. The van der Waals surface area contributed by atoms with Crippen LogP contribution in [0.5, 0.6) is 0 Å². The van der Waals surface area contributed by atoms with Gasteiger partial charge in [0.1, 0.15) is 0 Å². The Morgan fingerprint density at radius 1 is 1.30 bits per heavy atom. The van der Waals surface area contributed by atoms with Crippen LogP contribution in [0.25, 0.3) is 0 Å². The van der Waals surface area contributed by atoms with Gasteiger partial charge in [-0.2, -0.15) is 0 Å². The van der Waals surface area contributed by atoms with Crippen LogP contribution < -0.4 is 10.6 Å². The van der Waals surface area contributed by atoms with Gasteiger partial charge in [-0.25, -0.2) is 0 Å². The molecule has 0 bridgehead atoms. The van der Waals surface area contributed by atoms with Crippen molar-refractivity contribution in [2.24, 2.45) is 5.41 Å². The van der Waals surface area contributed by atoms with Crippen molar-refractivity contribution in [2.45, 2.75) is 46.0 Å². The quantitative estimate of drug-likeness (QED) is 0.781. The fourth-order valence-electron chi connectivity index (χ4n) is 2.63. The fourth-order valence-corrected chi connectivity index (χ4v) is 2.63. The molecule has 0 aromatic heterocycles. The van der Waals surface area contributed by atoms with Gasteiger partial charge < -0.3 is 10.6 Å². The van der Waals surface area contributed by atoms with Crippen molar-refractivity contribution in [2.75, 3.05) is 18.4 Å². The van der Waals surface area contributed by atoms with E-state index in [4.69, 9.17) is 0 Å². The Hall–Kier alpha value is -1.35. The Bertz CT molecular complexity index is 433. The molecule has 1 heterocycles. The van der Waals surface area contributed by atoms with E-state index < -0.39 is 0 Å². The molecule has 1 unspecified atom stereocenters. The lowest BCUT2D eigenvalue weighted by Gasteiger charge is -2.21. The summed E-state index contributed by atoms with van der Waals surface area (Å²) in [5.74, 6) is 0.126. The van der Waals surface area contributed by atoms with E-state index in [2.05, 4.69) is 29.7 Å². The van der Waals surface area contributed by atoms with Gasteiger partial charge in [0.25, 0.3) is 0 Å².